The zero-order valence-corrected chi connectivity index (χ0v) is 14.9. The molecule has 0 aromatic heterocycles. The first-order valence-corrected chi connectivity index (χ1v) is 9.30. The van der Waals surface area contributed by atoms with Gasteiger partial charge < -0.3 is 14.6 Å². The fraction of sp³-hybridized carbons (Fsp3) is 0.700. The monoisotopic (exact) mass is 346 g/mol. The van der Waals surface area contributed by atoms with Crippen molar-refractivity contribution in [2.24, 2.45) is 22.7 Å². The first-order valence-electron chi connectivity index (χ1n) is 9.30. The van der Waals surface area contributed by atoms with Crippen LogP contribution in [0, 0.1) is 22.7 Å². The Kier molecular flexibility index (Phi) is 3.83. The third-order valence-corrected chi connectivity index (χ3v) is 7.41. The van der Waals surface area contributed by atoms with Crippen LogP contribution in [0.2, 0.25) is 0 Å². The smallest absolute Gasteiger partial charge is 0.334 e. The van der Waals surface area contributed by atoms with Gasteiger partial charge in [0.2, 0.25) is 0 Å². The molecular weight excluding hydrogens is 320 g/mol. The highest BCUT2D eigenvalue weighted by atomic mass is 16.5. The molecule has 1 spiro atoms. The molecular formula is C20H26O5. The summed E-state index contributed by atoms with van der Waals surface area (Å²) < 4.78 is 10.4. The summed E-state index contributed by atoms with van der Waals surface area (Å²) in [6.07, 6.45) is 7.34. The van der Waals surface area contributed by atoms with Crippen molar-refractivity contribution in [2.45, 2.75) is 52.1 Å². The number of rotatable bonds is 3. The third kappa shape index (κ3) is 2.31. The molecule has 2 aliphatic heterocycles. The van der Waals surface area contributed by atoms with E-state index in [0.29, 0.717) is 26.1 Å². The molecule has 0 bridgehead atoms. The maximum absolute atomic E-state index is 12.2. The van der Waals surface area contributed by atoms with Gasteiger partial charge in [-0.3, -0.25) is 0 Å². The van der Waals surface area contributed by atoms with Crippen LogP contribution in [0.15, 0.2) is 23.3 Å². The number of aliphatic hydroxyl groups excluding tert-OH is 1. The van der Waals surface area contributed by atoms with E-state index in [0.717, 1.165) is 30.4 Å². The Balaban J connectivity index is 1.67. The quantitative estimate of drug-likeness (QED) is 0.795. The molecule has 2 fully saturated rings. The van der Waals surface area contributed by atoms with Gasteiger partial charge in [0.25, 0.3) is 0 Å². The molecule has 0 radical (unpaired) electrons. The number of aliphatic hydroxyl groups is 1. The summed E-state index contributed by atoms with van der Waals surface area (Å²) >= 11 is 0. The van der Waals surface area contributed by atoms with Gasteiger partial charge in [0.05, 0.1) is 6.10 Å². The van der Waals surface area contributed by atoms with Gasteiger partial charge in [-0.25, -0.2) is 9.59 Å². The molecule has 1 saturated carbocycles. The van der Waals surface area contributed by atoms with E-state index in [1.807, 2.05) is 12.2 Å². The fourth-order valence-electron chi connectivity index (χ4n) is 5.78. The van der Waals surface area contributed by atoms with Crippen LogP contribution in [-0.2, 0) is 19.1 Å². The van der Waals surface area contributed by atoms with Crippen molar-refractivity contribution in [3.63, 3.8) is 0 Å². The standard InChI is InChI=1S/C20H26O5/c1-12-15(21)10-20-11-25-18(23)14(20)4-3-5-16(20)19(12,2)8-6-13-7-9-24-17(13)22/h4,7,12,15-16,21H,3,5-6,8-11H2,1-2H3/t12-,15+,16-,19+,20-/m1/s1. The Morgan fingerprint density at radius 3 is 2.76 bits per heavy atom. The Hall–Kier alpha value is -1.62. The Labute approximate surface area is 148 Å². The molecule has 0 unspecified atom stereocenters. The Bertz CT molecular complexity index is 678. The molecule has 25 heavy (non-hydrogen) atoms. The second-order valence-corrected chi connectivity index (χ2v) is 8.37. The minimum atomic E-state index is -0.471. The van der Waals surface area contributed by atoms with Gasteiger partial charge in [0, 0.05) is 16.6 Å². The lowest BCUT2D eigenvalue weighted by Gasteiger charge is -2.58. The maximum atomic E-state index is 12.2. The zero-order chi connectivity index (χ0) is 17.8. The molecule has 136 valence electrons. The van der Waals surface area contributed by atoms with Crippen LogP contribution >= 0.6 is 0 Å². The number of cyclic esters (lactones) is 2. The van der Waals surface area contributed by atoms with Gasteiger partial charge in [-0.1, -0.05) is 19.9 Å². The summed E-state index contributed by atoms with van der Waals surface area (Å²) in [5, 5.41) is 10.8. The summed E-state index contributed by atoms with van der Waals surface area (Å²) in [6, 6.07) is 0. The topological polar surface area (TPSA) is 72.8 Å². The van der Waals surface area contributed by atoms with E-state index < -0.39 is 6.10 Å². The lowest BCUT2D eigenvalue weighted by molar-refractivity contribution is -0.139. The van der Waals surface area contributed by atoms with Crippen molar-refractivity contribution in [2.75, 3.05) is 13.2 Å². The van der Waals surface area contributed by atoms with Crippen molar-refractivity contribution >= 4 is 11.9 Å². The molecule has 0 amide bonds. The predicted octanol–water partition coefficient (Wildman–Crippen LogP) is 2.54. The van der Waals surface area contributed by atoms with Crippen LogP contribution in [0.5, 0.6) is 0 Å². The van der Waals surface area contributed by atoms with Crippen molar-refractivity contribution in [3.05, 3.63) is 23.3 Å². The summed E-state index contributed by atoms with van der Waals surface area (Å²) in [5.41, 5.74) is 1.00. The number of ether oxygens (including phenoxy) is 2. The Morgan fingerprint density at radius 1 is 1.24 bits per heavy atom. The minimum Gasteiger partial charge on any atom is -0.461 e. The number of allylic oxidation sites excluding steroid dienone is 1. The summed E-state index contributed by atoms with van der Waals surface area (Å²) in [7, 11) is 0. The van der Waals surface area contributed by atoms with Crippen LogP contribution < -0.4 is 0 Å². The van der Waals surface area contributed by atoms with E-state index in [2.05, 4.69) is 13.8 Å². The van der Waals surface area contributed by atoms with Gasteiger partial charge in [0.1, 0.15) is 13.2 Å². The number of hydrogen-bond donors (Lipinski definition) is 1. The molecule has 2 heterocycles. The Morgan fingerprint density at radius 2 is 2.04 bits per heavy atom. The molecule has 5 nitrogen and oxygen atoms in total. The second-order valence-electron chi connectivity index (χ2n) is 8.37. The molecule has 4 aliphatic rings. The van der Waals surface area contributed by atoms with E-state index in [9.17, 15) is 14.7 Å². The van der Waals surface area contributed by atoms with Gasteiger partial charge in [-0.15, -0.1) is 0 Å². The van der Waals surface area contributed by atoms with Gasteiger partial charge in [0.15, 0.2) is 0 Å². The number of hydrogen-bond acceptors (Lipinski definition) is 5. The number of carbonyl (C=O) groups is 2. The zero-order valence-electron chi connectivity index (χ0n) is 14.9. The molecule has 2 aliphatic carbocycles. The lowest BCUT2D eigenvalue weighted by Crippen LogP contribution is -2.56. The van der Waals surface area contributed by atoms with Gasteiger partial charge in [-0.2, -0.15) is 0 Å². The van der Waals surface area contributed by atoms with E-state index in [4.69, 9.17) is 9.47 Å². The normalized spacial score (nSPS) is 42.9. The highest BCUT2D eigenvalue weighted by Gasteiger charge is 2.63. The molecule has 4 rings (SSSR count). The van der Waals surface area contributed by atoms with Crippen molar-refractivity contribution < 1.29 is 24.2 Å². The summed E-state index contributed by atoms with van der Waals surface area (Å²) in [4.78, 5) is 24.0. The minimum absolute atomic E-state index is 0.108. The largest absolute Gasteiger partial charge is 0.461 e. The lowest BCUT2D eigenvalue weighted by atomic mass is 9.46. The molecule has 1 N–H and O–H groups in total. The number of carbonyl (C=O) groups excluding carboxylic acids is 2. The average molecular weight is 346 g/mol. The van der Waals surface area contributed by atoms with Crippen molar-refractivity contribution in [1.29, 1.82) is 0 Å². The molecule has 5 heteroatoms. The van der Waals surface area contributed by atoms with Crippen molar-refractivity contribution in [1.82, 2.24) is 0 Å². The summed E-state index contributed by atoms with van der Waals surface area (Å²) in [6.45, 7) is 5.08. The molecule has 5 atom stereocenters. The first-order chi connectivity index (χ1) is 11.9. The molecule has 0 aromatic rings. The van der Waals surface area contributed by atoms with E-state index in [1.54, 1.807) is 0 Å². The van der Waals surface area contributed by atoms with Crippen LogP contribution in [0.1, 0.15) is 46.0 Å². The van der Waals surface area contributed by atoms with E-state index >= 15 is 0 Å². The highest BCUT2D eigenvalue weighted by Crippen LogP contribution is 2.64. The fourth-order valence-corrected chi connectivity index (χ4v) is 5.78. The SMILES string of the molecule is C[C@@H]1[C@@H](O)C[C@@]23COC(=O)C2=CCC[C@@H]3[C@@]1(C)CCC1=CCOC1=O. The molecule has 0 aromatic carbocycles. The maximum Gasteiger partial charge on any atom is 0.334 e. The van der Waals surface area contributed by atoms with Crippen molar-refractivity contribution in [3.8, 4) is 0 Å². The van der Waals surface area contributed by atoms with Crippen LogP contribution in [0.3, 0.4) is 0 Å². The molecule has 1 saturated heterocycles. The second kappa shape index (κ2) is 5.70. The van der Waals surface area contributed by atoms with Crippen LogP contribution in [0.4, 0.5) is 0 Å². The van der Waals surface area contributed by atoms with Crippen LogP contribution in [0.25, 0.3) is 0 Å². The predicted molar refractivity (Wildman–Crippen MR) is 90.4 cm³/mol. The van der Waals surface area contributed by atoms with Gasteiger partial charge in [-0.05, 0) is 55.4 Å². The average Bonchev–Trinajstić information content (AvgIpc) is 3.14. The van der Waals surface area contributed by atoms with Gasteiger partial charge >= 0.3 is 11.9 Å². The van der Waals surface area contributed by atoms with Crippen LogP contribution in [-0.4, -0.2) is 36.4 Å². The van der Waals surface area contributed by atoms with E-state index in [1.165, 1.54) is 0 Å². The van der Waals surface area contributed by atoms with E-state index in [-0.39, 0.29) is 34.6 Å². The number of esters is 2. The first kappa shape index (κ1) is 16.8. The highest BCUT2D eigenvalue weighted by molar-refractivity contribution is 5.92. The third-order valence-electron chi connectivity index (χ3n) is 7.41. The summed E-state index contributed by atoms with van der Waals surface area (Å²) in [5.74, 6) is -0.0408.